The molecule has 0 fully saturated rings. The molecule has 0 saturated heterocycles. The zero-order chi connectivity index (χ0) is 14.4. The Morgan fingerprint density at radius 1 is 1.37 bits per heavy atom. The minimum absolute atomic E-state index is 0.214. The van der Waals surface area contributed by atoms with Gasteiger partial charge in [-0.1, -0.05) is 6.07 Å². The molecule has 0 aliphatic carbocycles. The lowest BCUT2D eigenvalue weighted by Crippen LogP contribution is -2.37. The molecule has 0 amide bonds. The summed E-state index contributed by atoms with van der Waals surface area (Å²) in [6.45, 7) is 2.01. The van der Waals surface area contributed by atoms with E-state index in [0.717, 1.165) is 0 Å². The minimum Gasteiger partial charge on any atom is -0.504 e. The van der Waals surface area contributed by atoms with Crippen molar-refractivity contribution in [3.05, 3.63) is 23.8 Å². The number of hydrogen-bond donors (Lipinski definition) is 3. The number of nitrogens with two attached hydrogens (primary N) is 1. The van der Waals surface area contributed by atoms with Gasteiger partial charge in [-0.25, -0.2) is 0 Å². The molecule has 6 nitrogen and oxygen atoms in total. The van der Waals surface area contributed by atoms with Crippen molar-refractivity contribution in [3.8, 4) is 11.5 Å². The number of ether oxygens (including phenoxy) is 2. The van der Waals surface area contributed by atoms with E-state index in [4.69, 9.17) is 15.2 Å². The second-order valence-corrected chi connectivity index (χ2v) is 4.34. The number of esters is 1. The molecule has 0 bridgehead atoms. The SMILES string of the molecule is COC[C@H](C)OC(=O)[C@@H](N)Cc1ccc(O)c(O)c1. The summed E-state index contributed by atoms with van der Waals surface area (Å²) in [6, 6.07) is 3.46. The van der Waals surface area contributed by atoms with Crippen LogP contribution in [0, 0.1) is 0 Å². The van der Waals surface area contributed by atoms with Crippen LogP contribution in [-0.2, 0) is 20.7 Å². The molecule has 106 valence electrons. The molecule has 0 aromatic heterocycles. The molecule has 4 N–H and O–H groups in total. The monoisotopic (exact) mass is 269 g/mol. The Labute approximate surface area is 111 Å². The molecule has 1 aromatic carbocycles. The number of benzene rings is 1. The molecule has 0 aliphatic rings. The van der Waals surface area contributed by atoms with Gasteiger partial charge in [0.2, 0.25) is 0 Å². The maximum atomic E-state index is 11.7. The van der Waals surface area contributed by atoms with Gasteiger partial charge in [-0.15, -0.1) is 0 Å². The Morgan fingerprint density at radius 3 is 2.63 bits per heavy atom. The summed E-state index contributed by atoms with van der Waals surface area (Å²) in [4.78, 5) is 11.7. The lowest BCUT2D eigenvalue weighted by Gasteiger charge is -2.16. The van der Waals surface area contributed by atoms with Crippen molar-refractivity contribution in [1.82, 2.24) is 0 Å². The average molecular weight is 269 g/mol. The van der Waals surface area contributed by atoms with Crippen molar-refractivity contribution in [3.63, 3.8) is 0 Å². The van der Waals surface area contributed by atoms with Crippen molar-refractivity contribution >= 4 is 5.97 Å². The maximum absolute atomic E-state index is 11.7. The van der Waals surface area contributed by atoms with E-state index in [9.17, 15) is 15.0 Å². The zero-order valence-corrected chi connectivity index (χ0v) is 11.0. The van der Waals surface area contributed by atoms with Crippen LogP contribution >= 0.6 is 0 Å². The second kappa shape index (κ2) is 6.96. The van der Waals surface area contributed by atoms with Crippen molar-refractivity contribution in [1.29, 1.82) is 0 Å². The first-order valence-corrected chi connectivity index (χ1v) is 5.90. The van der Waals surface area contributed by atoms with Gasteiger partial charge in [0.15, 0.2) is 11.5 Å². The standard InChI is InChI=1S/C13H19NO5/c1-8(7-18-2)19-13(17)10(14)5-9-3-4-11(15)12(16)6-9/h3-4,6,8,10,15-16H,5,7,14H2,1-2H3/t8-,10-/m0/s1. The predicted molar refractivity (Wildman–Crippen MR) is 68.9 cm³/mol. The third-order valence-corrected chi connectivity index (χ3v) is 2.52. The van der Waals surface area contributed by atoms with Crippen molar-refractivity contribution in [2.24, 2.45) is 5.73 Å². The summed E-state index contributed by atoms with van der Waals surface area (Å²) < 4.78 is 9.93. The molecule has 0 aliphatic heterocycles. The number of carbonyl (C=O) groups is 1. The Balaban J connectivity index is 2.56. The van der Waals surface area contributed by atoms with Crippen molar-refractivity contribution < 1.29 is 24.5 Å². The van der Waals surface area contributed by atoms with Gasteiger partial charge in [0.25, 0.3) is 0 Å². The van der Waals surface area contributed by atoms with E-state index >= 15 is 0 Å². The van der Waals surface area contributed by atoms with Crippen LogP contribution in [-0.4, -0.2) is 42.0 Å². The molecule has 0 saturated carbocycles. The summed E-state index contributed by atoms with van der Waals surface area (Å²) >= 11 is 0. The van der Waals surface area contributed by atoms with Crippen LogP contribution in [0.2, 0.25) is 0 Å². The molecule has 0 spiro atoms. The smallest absolute Gasteiger partial charge is 0.323 e. The van der Waals surface area contributed by atoms with E-state index in [1.807, 2.05) is 0 Å². The van der Waals surface area contributed by atoms with Crippen LogP contribution in [0.3, 0.4) is 0 Å². The van der Waals surface area contributed by atoms with Crippen LogP contribution in [0.5, 0.6) is 11.5 Å². The molecule has 6 heteroatoms. The lowest BCUT2D eigenvalue weighted by molar-refractivity contribution is -0.152. The number of phenolic OH excluding ortho intramolecular Hbond substituents is 2. The van der Waals surface area contributed by atoms with Crippen molar-refractivity contribution in [2.75, 3.05) is 13.7 Å². The highest BCUT2D eigenvalue weighted by atomic mass is 16.6. The lowest BCUT2D eigenvalue weighted by atomic mass is 10.1. The fourth-order valence-electron chi connectivity index (χ4n) is 1.59. The molecule has 0 heterocycles. The largest absolute Gasteiger partial charge is 0.504 e. The van der Waals surface area contributed by atoms with E-state index < -0.39 is 12.0 Å². The van der Waals surface area contributed by atoms with Crippen LogP contribution in [0.1, 0.15) is 12.5 Å². The van der Waals surface area contributed by atoms with Gasteiger partial charge in [0, 0.05) is 7.11 Å². The van der Waals surface area contributed by atoms with Crippen LogP contribution in [0.4, 0.5) is 0 Å². The first-order chi connectivity index (χ1) is 8.93. The fraction of sp³-hybridized carbons (Fsp3) is 0.462. The molecular weight excluding hydrogens is 250 g/mol. The van der Waals surface area contributed by atoms with Gasteiger partial charge >= 0.3 is 5.97 Å². The van der Waals surface area contributed by atoms with Gasteiger partial charge in [0.1, 0.15) is 12.1 Å². The van der Waals surface area contributed by atoms with Gasteiger partial charge in [-0.3, -0.25) is 4.79 Å². The van der Waals surface area contributed by atoms with Crippen LogP contribution in [0.15, 0.2) is 18.2 Å². The average Bonchev–Trinajstić information content (AvgIpc) is 2.34. The molecule has 1 aromatic rings. The Bertz CT molecular complexity index is 435. The Kier molecular flexibility index (Phi) is 5.59. The van der Waals surface area contributed by atoms with Gasteiger partial charge in [-0.2, -0.15) is 0 Å². The highest BCUT2D eigenvalue weighted by Gasteiger charge is 2.18. The maximum Gasteiger partial charge on any atom is 0.323 e. The highest BCUT2D eigenvalue weighted by Crippen LogP contribution is 2.25. The number of aromatic hydroxyl groups is 2. The van der Waals surface area contributed by atoms with E-state index in [-0.39, 0.29) is 24.0 Å². The molecule has 0 radical (unpaired) electrons. The molecule has 2 atom stereocenters. The van der Waals surface area contributed by atoms with E-state index in [1.54, 1.807) is 13.0 Å². The van der Waals surface area contributed by atoms with E-state index in [0.29, 0.717) is 12.2 Å². The molecule has 0 unspecified atom stereocenters. The quantitative estimate of drug-likeness (QED) is 0.515. The van der Waals surface area contributed by atoms with Crippen molar-refractivity contribution in [2.45, 2.75) is 25.5 Å². The molecule has 1 rings (SSSR count). The second-order valence-electron chi connectivity index (χ2n) is 4.34. The number of carbonyl (C=O) groups excluding carboxylic acids is 1. The summed E-state index contributed by atoms with van der Waals surface area (Å²) in [5.74, 6) is -0.989. The fourth-order valence-corrected chi connectivity index (χ4v) is 1.59. The minimum atomic E-state index is -0.830. The third kappa shape index (κ3) is 4.76. The van der Waals surface area contributed by atoms with Crippen LogP contribution < -0.4 is 5.73 Å². The highest BCUT2D eigenvalue weighted by molar-refractivity contribution is 5.76. The Hall–Kier alpha value is -1.79. The predicted octanol–water partition coefficient (Wildman–Crippen LogP) is 0.546. The first-order valence-electron chi connectivity index (χ1n) is 5.90. The van der Waals surface area contributed by atoms with Gasteiger partial charge in [0.05, 0.1) is 6.61 Å². The van der Waals surface area contributed by atoms with Gasteiger partial charge in [-0.05, 0) is 31.0 Å². The zero-order valence-electron chi connectivity index (χ0n) is 11.0. The van der Waals surface area contributed by atoms with Crippen LogP contribution in [0.25, 0.3) is 0 Å². The summed E-state index contributed by atoms with van der Waals surface area (Å²) in [5, 5.41) is 18.5. The summed E-state index contributed by atoms with van der Waals surface area (Å²) in [7, 11) is 1.52. The topological polar surface area (TPSA) is 102 Å². The van der Waals surface area contributed by atoms with E-state index in [1.165, 1.54) is 19.2 Å². The first kappa shape index (κ1) is 15.3. The Morgan fingerprint density at radius 2 is 2.05 bits per heavy atom. The number of hydrogen-bond acceptors (Lipinski definition) is 6. The van der Waals surface area contributed by atoms with E-state index in [2.05, 4.69) is 0 Å². The summed E-state index contributed by atoms with van der Waals surface area (Å²) in [5.41, 5.74) is 6.36. The molecular formula is C13H19NO5. The normalized spacial score (nSPS) is 13.8. The van der Waals surface area contributed by atoms with Gasteiger partial charge < -0.3 is 25.4 Å². The molecule has 19 heavy (non-hydrogen) atoms. The number of methoxy groups -OCH3 is 1. The summed E-state index contributed by atoms with van der Waals surface area (Å²) in [6.07, 6.45) is -0.149. The third-order valence-electron chi connectivity index (χ3n) is 2.52. The number of phenols is 2. The number of rotatable bonds is 6.